The SMILES string of the molecule is COC(=O)CCN(C)[C@H]1CC[C@H](NC(=O)OC(C)(C)C)CC1. The monoisotopic (exact) mass is 314 g/mol. The van der Waals surface area contributed by atoms with Crippen LogP contribution in [0.25, 0.3) is 0 Å². The first kappa shape index (κ1) is 18.7. The van der Waals surface area contributed by atoms with Gasteiger partial charge in [0.1, 0.15) is 5.60 Å². The molecule has 0 saturated heterocycles. The fourth-order valence-electron chi connectivity index (χ4n) is 2.69. The van der Waals surface area contributed by atoms with Gasteiger partial charge in [0.2, 0.25) is 0 Å². The molecule has 1 fully saturated rings. The van der Waals surface area contributed by atoms with E-state index in [-0.39, 0.29) is 18.1 Å². The Morgan fingerprint density at radius 3 is 2.27 bits per heavy atom. The van der Waals surface area contributed by atoms with Gasteiger partial charge in [-0.05, 0) is 53.5 Å². The number of esters is 1. The average molecular weight is 314 g/mol. The molecule has 0 aromatic heterocycles. The van der Waals surface area contributed by atoms with E-state index in [9.17, 15) is 9.59 Å². The summed E-state index contributed by atoms with van der Waals surface area (Å²) < 4.78 is 9.94. The quantitative estimate of drug-likeness (QED) is 0.789. The van der Waals surface area contributed by atoms with Crippen molar-refractivity contribution in [2.24, 2.45) is 0 Å². The van der Waals surface area contributed by atoms with Crippen LogP contribution in [0.1, 0.15) is 52.9 Å². The number of nitrogens with one attached hydrogen (secondary N) is 1. The minimum Gasteiger partial charge on any atom is -0.469 e. The number of amides is 1. The molecule has 1 aliphatic rings. The molecule has 0 unspecified atom stereocenters. The summed E-state index contributed by atoms with van der Waals surface area (Å²) in [7, 11) is 3.45. The molecule has 6 nitrogen and oxygen atoms in total. The van der Waals surface area contributed by atoms with E-state index >= 15 is 0 Å². The second kappa shape index (κ2) is 8.36. The Labute approximate surface area is 133 Å². The smallest absolute Gasteiger partial charge is 0.407 e. The lowest BCUT2D eigenvalue weighted by atomic mass is 9.90. The minimum atomic E-state index is -0.463. The number of nitrogens with zero attached hydrogens (tertiary/aromatic N) is 1. The molecule has 0 spiro atoms. The highest BCUT2D eigenvalue weighted by Crippen LogP contribution is 2.23. The molecular formula is C16H30N2O4. The predicted molar refractivity (Wildman–Crippen MR) is 84.7 cm³/mol. The number of methoxy groups -OCH3 is 1. The summed E-state index contributed by atoms with van der Waals surface area (Å²) in [5.41, 5.74) is -0.463. The van der Waals surface area contributed by atoms with Crippen molar-refractivity contribution in [2.45, 2.75) is 70.6 Å². The molecule has 128 valence electrons. The number of hydrogen-bond acceptors (Lipinski definition) is 5. The fourth-order valence-corrected chi connectivity index (χ4v) is 2.69. The van der Waals surface area contributed by atoms with Gasteiger partial charge in [-0.2, -0.15) is 0 Å². The molecule has 6 heteroatoms. The molecule has 1 rings (SSSR count). The van der Waals surface area contributed by atoms with Crippen molar-refractivity contribution in [3.05, 3.63) is 0 Å². The standard InChI is InChI=1S/C16H30N2O4/c1-16(2,3)22-15(20)17-12-6-8-13(9-7-12)18(4)11-10-14(19)21-5/h12-13H,6-11H2,1-5H3,(H,17,20)/t12-,13-. The van der Waals surface area contributed by atoms with E-state index < -0.39 is 5.60 Å². The van der Waals surface area contributed by atoms with Crippen LogP contribution < -0.4 is 5.32 Å². The number of carbonyl (C=O) groups is 2. The van der Waals surface area contributed by atoms with Crippen molar-refractivity contribution in [3.63, 3.8) is 0 Å². The molecule has 22 heavy (non-hydrogen) atoms. The van der Waals surface area contributed by atoms with Gasteiger partial charge in [-0.3, -0.25) is 4.79 Å². The van der Waals surface area contributed by atoms with Gasteiger partial charge in [-0.25, -0.2) is 4.79 Å². The Balaban J connectivity index is 2.28. The normalized spacial score (nSPS) is 22.3. The van der Waals surface area contributed by atoms with Crippen molar-refractivity contribution in [1.82, 2.24) is 10.2 Å². The average Bonchev–Trinajstić information content (AvgIpc) is 2.43. The summed E-state index contributed by atoms with van der Waals surface area (Å²) in [6.07, 6.45) is 3.98. The van der Waals surface area contributed by atoms with Crippen molar-refractivity contribution in [2.75, 3.05) is 20.7 Å². The molecule has 0 aromatic carbocycles. The van der Waals surface area contributed by atoms with Crippen LogP contribution in [0.3, 0.4) is 0 Å². The van der Waals surface area contributed by atoms with E-state index in [1.165, 1.54) is 7.11 Å². The fraction of sp³-hybridized carbons (Fsp3) is 0.875. The highest BCUT2D eigenvalue weighted by atomic mass is 16.6. The highest BCUT2D eigenvalue weighted by molar-refractivity contribution is 5.69. The predicted octanol–water partition coefficient (Wildman–Crippen LogP) is 2.32. The molecule has 0 radical (unpaired) electrons. The maximum absolute atomic E-state index is 11.8. The zero-order chi connectivity index (χ0) is 16.8. The Bertz CT molecular complexity index is 371. The first-order valence-electron chi connectivity index (χ1n) is 7.98. The molecule has 0 bridgehead atoms. The number of alkyl carbamates (subject to hydrolysis) is 1. The Kier molecular flexibility index (Phi) is 7.13. The Morgan fingerprint density at radius 1 is 1.18 bits per heavy atom. The maximum Gasteiger partial charge on any atom is 0.407 e. The number of ether oxygens (including phenoxy) is 2. The van der Waals surface area contributed by atoms with Crippen molar-refractivity contribution >= 4 is 12.1 Å². The van der Waals surface area contributed by atoms with Gasteiger partial charge in [0.15, 0.2) is 0 Å². The van der Waals surface area contributed by atoms with Gasteiger partial charge in [-0.1, -0.05) is 0 Å². The van der Waals surface area contributed by atoms with Crippen LogP contribution in [-0.2, 0) is 14.3 Å². The van der Waals surface area contributed by atoms with Gasteiger partial charge in [-0.15, -0.1) is 0 Å². The third kappa shape index (κ3) is 7.11. The molecule has 0 aromatic rings. The van der Waals surface area contributed by atoms with Gasteiger partial charge < -0.3 is 19.7 Å². The summed E-state index contributed by atoms with van der Waals surface area (Å²) >= 11 is 0. The van der Waals surface area contributed by atoms with Gasteiger partial charge in [0.05, 0.1) is 13.5 Å². The van der Waals surface area contributed by atoms with Crippen LogP contribution >= 0.6 is 0 Å². The zero-order valence-corrected chi connectivity index (χ0v) is 14.5. The third-order valence-electron chi connectivity index (χ3n) is 3.94. The summed E-state index contributed by atoms with van der Waals surface area (Å²) in [5, 5.41) is 2.94. The molecule has 0 atom stereocenters. The lowest BCUT2D eigenvalue weighted by molar-refractivity contribution is -0.141. The van der Waals surface area contributed by atoms with Gasteiger partial charge in [0.25, 0.3) is 0 Å². The van der Waals surface area contributed by atoms with Gasteiger partial charge in [0, 0.05) is 18.6 Å². The van der Waals surface area contributed by atoms with Crippen molar-refractivity contribution < 1.29 is 19.1 Å². The van der Waals surface area contributed by atoms with E-state index in [0.29, 0.717) is 19.0 Å². The first-order chi connectivity index (χ1) is 10.2. The van der Waals surface area contributed by atoms with Crippen LogP contribution in [0.2, 0.25) is 0 Å². The van der Waals surface area contributed by atoms with E-state index in [4.69, 9.17) is 4.74 Å². The summed E-state index contributed by atoms with van der Waals surface area (Å²) in [5.74, 6) is -0.174. The lowest BCUT2D eigenvalue weighted by Crippen LogP contribution is -2.44. The zero-order valence-electron chi connectivity index (χ0n) is 14.5. The second-order valence-corrected chi connectivity index (χ2v) is 6.96. The molecule has 0 aliphatic heterocycles. The van der Waals surface area contributed by atoms with E-state index in [1.807, 2.05) is 27.8 Å². The topological polar surface area (TPSA) is 67.9 Å². The van der Waals surface area contributed by atoms with Crippen molar-refractivity contribution in [3.8, 4) is 0 Å². The third-order valence-corrected chi connectivity index (χ3v) is 3.94. The molecule has 1 aliphatic carbocycles. The lowest BCUT2D eigenvalue weighted by Gasteiger charge is -2.35. The van der Waals surface area contributed by atoms with Crippen LogP contribution in [0, 0.1) is 0 Å². The molecule has 1 N–H and O–H groups in total. The first-order valence-corrected chi connectivity index (χ1v) is 7.98. The van der Waals surface area contributed by atoms with Crippen LogP contribution in [0.5, 0.6) is 0 Å². The summed E-state index contributed by atoms with van der Waals surface area (Å²) in [4.78, 5) is 25.1. The molecule has 0 heterocycles. The van der Waals surface area contributed by atoms with E-state index in [0.717, 1.165) is 25.7 Å². The Morgan fingerprint density at radius 2 is 1.77 bits per heavy atom. The van der Waals surface area contributed by atoms with Crippen LogP contribution in [0.15, 0.2) is 0 Å². The largest absolute Gasteiger partial charge is 0.469 e. The maximum atomic E-state index is 11.8. The van der Waals surface area contributed by atoms with E-state index in [1.54, 1.807) is 0 Å². The van der Waals surface area contributed by atoms with Crippen LogP contribution in [-0.4, -0.2) is 55.3 Å². The second-order valence-electron chi connectivity index (χ2n) is 6.96. The van der Waals surface area contributed by atoms with E-state index in [2.05, 4.69) is 15.0 Å². The number of rotatable bonds is 5. The molecule has 1 saturated carbocycles. The number of hydrogen-bond donors (Lipinski definition) is 1. The summed E-state index contributed by atoms with van der Waals surface area (Å²) in [6, 6.07) is 0.640. The minimum absolute atomic E-state index is 0.174. The molecule has 1 amide bonds. The van der Waals surface area contributed by atoms with Gasteiger partial charge >= 0.3 is 12.1 Å². The number of carbonyl (C=O) groups excluding carboxylic acids is 2. The summed E-state index contributed by atoms with van der Waals surface area (Å²) in [6.45, 7) is 6.29. The van der Waals surface area contributed by atoms with Crippen molar-refractivity contribution in [1.29, 1.82) is 0 Å². The molecular weight excluding hydrogens is 284 g/mol. The highest BCUT2D eigenvalue weighted by Gasteiger charge is 2.26. The van der Waals surface area contributed by atoms with Crippen LogP contribution in [0.4, 0.5) is 4.79 Å². The Hall–Kier alpha value is -1.30.